The first-order chi connectivity index (χ1) is 13.5. The van der Waals surface area contributed by atoms with Gasteiger partial charge in [0.1, 0.15) is 0 Å². The Balaban J connectivity index is 1.38. The first kappa shape index (κ1) is 18.4. The predicted octanol–water partition coefficient (Wildman–Crippen LogP) is 0.906. The second-order valence-corrected chi connectivity index (χ2v) is 7.55. The first-order valence-electron chi connectivity index (χ1n) is 9.66. The highest BCUT2D eigenvalue weighted by Crippen LogP contribution is 2.31. The van der Waals surface area contributed by atoms with Crippen LogP contribution in [0.15, 0.2) is 53.5 Å². The van der Waals surface area contributed by atoms with Gasteiger partial charge in [-0.05, 0) is 49.6 Å². The molecule has 2 aromatic rings. The van der Waals surface area contributed by atoms with E-state index in [1.54, 1.807) is 42.6 Å². The molecule has 7 nitrogen and oxygen atoms in total. The lowest BCUT2D eigenvalue weighted by Gasteiger charge is -2.37. The maximum absolute atomic E-state index is 12.6. The van der Waals surface area contributed by atoms with E-state index < -0.39 is 0 Å². The molecule has 0 spiro atoms. The summed E-state index contributed by atoms with van der Waals surface area (Å²) in [5.74, 6) is 0.190. The van der Waals surface area contributed by atoms with Crippen molar-refractivity contribution >= 4 is 11.8 Å². The smallest absolute Gasteiger partial charge is 0.255 e. The SMILES string of the molecule is NC1CN(C(=O)C2CC2)CCC1NC(=O)c1ccc(-n2ccccc2=O)cc1. The quantitative estimate of drug-likeness (QED) is 0.824. The zero-order valence-corrected chi connectivity index (χ0v) is 15.6. The molecule has 1 saturated heterocycles. The Morgan fingerprint density at radius 2 is 1.79 bits per heavy atom. The number of pyridine rings is 1. The molecule has 2 atom stereocenters. The highest BCUT2D eigenvalue weighted by molar-refractivity contribution is 5.94. The van der Waals surface area contributed by atoms with E-state index >= 15 is 0 Å². The summed E-state index contributed by atoms with van der Waals surface area (Å²) in [5.41, 5.74) is 7.31. The molecule has 28 heavy (non-hydrogen) atoms. The highest BCUT2D eigenvalue weighted by atomic mass is 16.2. The number of amides is 2. The van der Waals surface area contributed by atoms with Gasteiger partial charge in [0.05, 0.1) is 0 Å². The van der Waals surface area contributed by atoms with Gasteiger partial charge in [-0.3, -0.25) is 19.0 Å². The third kappa shape index (κ3) is 3.84. The number of hydrogen-bond donors (Lipinski definition) is 2. The second kappa shape index (κ2) is 7.59. The minimum Gasteiger partial charge on any atom is -0.348 e. The Morgan fingerprint density at radius 3 is 2.43 bits per heavy atom. The average Bonchev–Trinajstić information content (AvgIpc) is 3.55. The molecule has 1 aromatic carbocycles. The Bertz CT molecular complexity index is 933. The summed E-state index contributed by atoms with van der Waals surface area (Å²) in [6.45, 7) is 1.11. The van der Waals surface area contributed by atoms with E-state index in [-0.39, 0.29) is 35.4 Å². The molecular formula is C21H24N4O3. The molecule has 0 radical (unpaired) electrons. The Kier molecular flexibility index (Phi) is 5.00. The monoisotopic (exact) mass is 380 g/mol. The lowest BCUT2D eigenvalue weighted by molar-refractivity contribution is -0.133. The number of carbonyl (C=O) groups excluding carboxylic acids is 2. The molecular weight excluding hydrogens is 356 g/mol. The van der Waals surface area contributed by atoms with E-state index in [0.29, 0.717) is 30.8 Å². The Hall–Kier alpha value is -2.93. The first-order valence-corrected chi connectivity index (χ1v) is 9.66. The second-order valence-electron chi connectivity index (χ2n) is 7.55. The molecule has 7 heteroatoms. The molecule has 4 rings (SSSR count). The molecule has 1 aromatic heterocycles. The molecule has 1 aliphatic heterocycles. The summed E-state index contributed by atoms with van der Waals surface area (Å²) in [6, 6.07) is 11.4. The van der Waals surface area contributed by atoms with Gasteiger partial charge in [-0.25, -0.2) is 0 Å². The zero-order valence-electron chi connectivity index (χ0n) is 15.6. The largest absolute Gasteiger partial charge is 0.348 e. The molecule has 3 N–H and O–H groups in total. The summed E-state index contributed by atoms with van der Waals surface area (Å²) in [4.78, 5) is 38.5. The van der Waals surface area contributed by atoms with E-state index in [1.807, 2.05) is 4.90 Å². The third-order valence-corrected chi connectivity index (χ3v) is 5.44. The molecule has 2 heterocycles. The van der Waals surface area contributed by atoms with Gasteiger partial charge in [-0.15, -0.1) is 0 Å². The van der Waals surface area contributed by atoms with Crippen molar-refractivity contribution < 1.29 is 9.59 Å². The fraction of sp³-hybridized carbons (Fsp3) is 0.381. The number of nitrogens with two attached hydrogens (primary N) is 1. The van der Waals surface area contributed by atoms with Crippen molar-refractivity contribution in [2.75, 3.05) is 13.1 Å². The lowest BCUT2D eigenvalue weighted by Crippen LogP contribution is -2.59. The Morgan fingerprint density at radius 1 is 1.04 bits per heavy atom. The molecule has 146 valence electrons. The number of nitrogens with zero attached hydrogens (tertiary/aromatic N) is 2. The minimum atomic E-state index is -0.275. The Labute approximate surface area is 163 Å². The van der Waals surface area contributed by atoms with Crippen LogP contribution in [0.5, 0.6) is 0 Å². The van der Waals surface area contributed by atoms with Crippen molar-refractivity contribution in [3.05, 3.63) is 64.6 Å². The van der Waals surface area contributed by atoms with Crippen LogP contribution in [0.1, 0.15) is 29.6 Å². The normalized spacial score (nSPS) is 22.0. The van der Waals surface area contributed by atoms with E-state index in [0.717, 1.165) is 12.8 Å². The maximum Gasteiger partial charge on any atom is 0.255 e. The van der Waals surface area contributed by atoms with Crippen molar-refractivity contribution in [2.45, 2.75) is 31.3 Å². The maximum atomic E-state index is 12.6. The van der Waals surface area contributed by atoms with Crippen LogP contribution in [0.25, 0.3) is 5.69 Å². The summed E-state index contributed by atoms with van der Waals surface area (Å²) < 4.78 is 1.52. The van der Waals surface area contributed by atoms with Crippen molar-refractivity contribution in [1.82, 2.24) is 14.8 Å². The van der Waals surface area contributed by atoms with Gasteiger partial charge >= 0.3 is 0 Å². The van der Waals surface area contributed by atoms with Crippen molar-refractivity contribution in [2.24, 2.45) is 11.7 Å². The third-order valence-electron chi connectivity index (χ3n) is 5.44. The van der Waals surface area contributed by atoms with Gasteiger partial charge in [0, 0.05) is 54.6 Å². The lowest BCUT2D eigenvalue weighted by atomic mass is 9.99. The molecule has 2 fully saturated rings. The number of benzene rings is 1. The number of piperidine rings is 1. The van der Waals surface area contributed by atoms with Crippen molar-refractivity contribution in [3.63, 3.8) is 0 Å². The molecule has 0 bridgehead atoms. The van der Waals surface area contributed by atoms with Gasteiger partial charge in [-0.2, -0.15) is 0 Å². The fourth-order valence-corrected chi connectivity index (χ4v) is 3.62. The van der Waals surface area contributed by atoms with Crippen LogP contribution in [-0.4, -0.2) is 46.5 Å². The zero-order chi connectivity index (χ0) is 19.7. The predicted molar refractivity (Wildman–Crippen MR) is 105 cm³/mol. The van der Waals surface area contributed by atoms with Crippen LogP contribution < -0.4 is 16.6 Å². The van der Waals surface area contributed by atoms with Gasteiger partial charge < -0.3 is 16.0 Å². The van der Waals surface area contributed by atoms with Crippen LogP contribution in [-0.2, 0) is 4.79 Å². The number of nitrogens with one attached hydrogen (secondary N) is 1. The number of carbonyl (C=O) groups is 2. The van der Waals surface area contributed by atoms with E-state index in [2.05, 4.69) is 5.32 Å². The molecule has 1 saturated carbocycles. The average molecular weight is 380 g/mol. The van der Waals surface area contributed by atoms with Crippen LogP contribution in [0.2, 0.25) is 0 Å². The topological polar surface area (TPSA) is 97.4 Å². The number of likely N-dealkylation sites (tertiary alicyclic amines) is 1. The van der Waals surface area contributed by atoms with Gasteiger partial charge in [-0.1, -0.05) is 6.07 Å². The van der Waals surface area contributed by atoms with Gasteiger partial charge in [0.15, 0.2) is 0 Å². The number of hydrogen-bond acceptors (Lipinski definition) is 4. The van der Waals surface area contributed by atoms with Crippen LogP contribution in [0.3, 0.4) is 0 Å². The van der Waals surface area contributed by atoms with Crippen LogP contribution in [0.4, 0.5) is 0 Å². The van der Waals surface area contributed by atoms with E-state index in [1.165, 1.54) is 10.6 Å². The van der Waals surface area contributed by atoms with E-state index in [4.69, 9.17) is 5.73 Å². The van der Waals surface area contributed by atoms with Crippen LogP contribution >= 0.6 is 0 Å². The highest BCUT2D eigenvalue weighted by Gasteiger charge is 2.37. The van der Waals surface area contributed by atoms with E-state index in [9.17, 15) is 14.4 Å². The van der Waals surface area contributed by atoms with Crippen molar-refractivity contribution in [1.29, 1.82) is 0 Å². The van der Waals surface area contributed by atoms with Crippen molar-refractivity contribution in [3.8, 4) is 5.69 Å². The molecule has 2 unspecified atom stereocenters. The summed E-state index contributed by atoms with van der Waals surface area (Å²) in [6.07, 6.45) is 4.31. The standard InChI is InChI=1S/C21H24N4O3/c22-17-13-24(21(28)15-4-5-15)12-10-18(17)23-20(27)14-6-8-16(9-7-14)25-11-2-1-3-19(25)26/h1-3,6-9,11,15,17-18H,4-5,10,12-13,22H2,(H,23,27). The van der Waals surface area contributed by atoms with Crippen LogP contribution in [0, 0.1) is 5.92 Å². The molecule has 2 aliphatic rings. The minimum absolute atomic E-state index is 0.127. The molecule has 2 amide bonds. The summed E-state index contributed by atoms with van der Waals surface area (Å²) in [7, 11) is 0. The van der Waals surface area contributed by atoms with Gasteiger partial charge in [0.25, 0.3) is 11.5 Å². The van der Waals surface area contributed by atoms with Gasteiger partial charge in [0.2, 0.25) is 5.91 Å². The summed E-state index contributed by atoms with van der Waals surface area (Å²) >= 11 is 0. The summed E-state index contributed by atoms with van der Waals surface area (Å²) in [5, 5.41) is 2.99. The number of rotatable bonds is 4. The number of aromatic nitrogens is 1. The fourth-order valence-electron chi connectivity index (χ4n) is 3.62. The molecule has 1 aliphatic carbocycles.